The van der Waals surface area contributed by atoms with E-state index in [0.717, 1.165) is 43.9 Å². The molecule has 3 nitrogen and oxygen atoms in total. The van der Waals surface area contributed by atoms with Crippen LogP contribution >= 0.6 is 0 Å². The molecule has 0 amide bonds. The predicted octanol–water partition coefficient (Wildman–Crippen LogP) is 3.82. The first-order valence-corrected chi connectivity index (χ1v) is 7.68. The summed E-state index contributed by atoms with van der Waals surface area (Å²) in [7, 11) is 0. The van der Waals surface area contributed by atoms with Crippen molar-refractivity contribution in [3.05, 3.63) is 12.5 Å². The monoisotopic (exact) mass is 268 g/mol. The van der Waals surface area contributed by atoms with Crippen molar-refractivity contribution in [2.24, 2.45) is 17.8 Å². The summed E-state index contributed by atoms with van der Waals surface area (Å²) in [4.78, 5) is 0. The molecule has 1 aliphatic carbocycles. The first kappa shape index (κ1) is 14.7. The van der Waals surface area contributed by atoms with E-state index in [-0.39, 0.29) is 6.29 Å². The summed E-state index contributed by atoms with van der Waals surface area (Å²) in [6, 6.07) is 0. The lowest BCUT2D eigenvalue weighted by Gasteiger charge is -2.42. The van der Waals surface area contributed by atoms with Gasteiger partial charge in [-0.05, 0) is 49.9 Å². The molecular weight excluding hydrogens is 240 g/mol. The minimum Gasteiger partial charge on any atom is -0.459 e. The van der Waals surface area contributed by atoms with Crippen LogP contribution in [0.2, 0.25) is 0 Å². The molecule has 0 radical (unpaired) electrons. The summed E-state index contributed by atoms with van der Waals surface area (Å²) in [5.41, 5.74) is -0.525. The van der Waals surface area contributed by atoms with Gasteiger partial charge in [0.15, 0.2) is 0 Å². The van der Waals surface area contributed by atoms with Crippen molar-refractivity contribution in [3.8, 4) is 0 Å². The van der Waals surface area contributed by atoms with Crippen molar-refractivity contribution in [3.63, 3.8) is 0 Å². The third-order valence-electron chi connectivity index (χ3n) is 4.72. The number of rotatable bonds is 5. The Labute approximate surface area is 117 Å². The van der Waals surface area contributed by atoms with Gasteiger partial charge in [0.25, 0.3) is 0 Å². The molecule has 1 fully saturated rings. The van der Waals surface area contributed by atoms with Gasteiger partial charge in [-0.15, -0.1) is 0 Å². The van der Waals surface area contributed by atoms with E-state index in [2.05, 4.69) is 20.8 Å². The first-order valence-electron chi connectivity index (χ1n) is 7.68. The molecule has 3 unspecified atom stereocenters. The van der Waals surface area contributed by atoms with Gasteiger partial charge in [0.2, 0.25) is 6.29 Å². The van der Waals surface area contributed by atoms with Crippen molar-refractivity contribution in [2.75, 3.05) is 0 Å². The van der Waals surface area contributed by atoms with Crippen LogP contribution in [0.4, 0.5) is 0 Å². The van der Waals surface area contributed by atoms with Crippen LogP contribution in [0, 0.1) is 17.8 Å². The molecule has 19 heavy (non-hydrogen) atoms. The fraction of sp³-hybridized carbons (Fsp3) is 0.875. The van der Waals surface area contributed by atoms with E-state index in [9.17, 15) is 5.11 Å². The van der Waals surface area contributed by atoms with Gasteiger partial charge in [0, 0.05) is 6.42 Å². The van der Waals surface area contributed by atoms with E-state index >= 15 is 0 Å². The van der Waals surface area contributed by atoms with E-state index < -0.39 is 5.60 Å². The molecule has 1 aliphatic heterocycles. The average Bonchev–Trinajstić information content (AvgIpc) is 2.84. The highest BCUT2D eigenvalue weighted by Gasteiger charge is 2.39. The number of hydrogen-bond acceptors (Lipinski definition) is 3. The van der Waals surface area contributed by atoms with Crippen molar-refractivity contribution >= 4 is 0 Å². The smallest absolute Gasteiger partial charge is 0.239 e. The maximum atomic E-state index is 10.8. The maximum Gasteiger partial charge on any atom is 0.239 e. The van der Waals surface area contributed by atoms with Crippen LogP contribution in [0.5, 0.6) is 0 Å². The van der Waals surface area contributed by atoms with Crippen LogP contribution in [0.1, 0.15) is 59.3 Å². The Kier molecular flexibility index (Phi) is 4.77. The number of ether oxygens (including phenoxy) is 2. The van der Waals surface area contributed by atoms with Crippen LogP contribution in [-0.2, 0) is 9.47 Å². The fourth-order valence-electron chi connectivity index (χ4n) is 3.57. The molecular formula is C16H28O3. The van der Waals surface area contributed by atoms with Gasteiger partial charge >= 0.3 is 0 Å². The lowest BCUT2D eigenvalue weighted by molar-refractivity contribution is -0.0917. The van der Waals surface area contributed by atoms with Gasteiger partial charge in [0.05, 0.1) is 5.60 Å². The van der Waals surface area contributed by atoms with E-state index in [1.54, 1.807) is 12.5 Å². The van der Waals surface area contributed by atoms with E-state index in [1.165, 1.54) is 6.42 Å². The number of aliphatic hydroxyl groups is 1. The van der Waals surface area contributed by atoms with E-state index in [0.29, 0.717) is 5.92 Å². The highest BCUT2D eigenvalue weighted by molar-refractivity contribution is 4.91. The van der Waals surface area contributed by atoms with Gasteiger partial charge in [-0.2, -0.15) is 0 Å². The third-order valence-corrected chi connectivity index (χ3v) is 4.72. The standard InChI is InChI=1S/C16H28O3/c1-12(2)10-14-4-6-16(17,13(3)11-14)7-5-15-18-8-9-19-15/h8-9,12-15,17H,4-7,10-11H2,1-3H3. The molecule has 0 aromatic heterocycles. The van der Waals surface area contributed by atoms with Gasteiger partial charge in [0.1, 0.15) is 12.5 Å². The Morgan fingerprint density at radius 2 is 2.00 bits per heavy atom. The second-order valence-electron chi connectivity index (χ2n) is 6.79. The van der Waals surface area contributed by atoms with Gasteiger partial charge < -0.3 is 14.6 Å². The van der Waals surface area contributed by atoms with Crippen LogP contribution in [0.15, 0.2) is 12.5 Å². The Morgan fingerprint density at radius 3 is 2.58 bits per heavy atom. The number of hydrogen-bond donors (Lipinski definition) is 1. The van der Waals surface area contributed by atoms with Crippen LogP contribution in [-0.4, -0.2) is 17.0 Å². The highest BCUT2D eigenvalue weighted by atomic mass is 16.7. The Balaban J connectivity index is 1.79. The van der Waals surface area contributed by atoms with Crippen LogP contribution in [0.25, 0.3) is 0 Å². The summed E-state index contributed by atoms with van der Waals surface area (Å²) in [6.07, 6.45) is 9.03. The van der Waals surface area contributed by atoms with Crippen molar-refractivity contribution in [1.29, 1.82) is 0 Å². The topological polar surface area (TPSA) is 38.7 Å². The SMILES string of the molecule is CC(C)CC1CCC(O)(CCC2OC=CO2)C(C)C1. The lowest BCUT2D eigenvalue weighted by Crippen LogP contribution is -2.42. The van der Waals surface area contributed by atoms with Crippen molar-refractivity contribution < 1.29 is 14.6 Å². The highest BCUT2D eigenvalue weighted by Crippen LogP contribution is 2.42. The fourth-order valence-corrected chi connectivity index (χ4v) is 3.57. The minimum absolute atomic E-state index is 0.190. The molecule has 1 heterocycles. The Bertz CT molecular complexity index is 305. The Morgan fingerprint density at radius 1 is 1.32 bits per heavy atom. The first-order chi connectivity index (χ1) is 8.99. The second kappa shape index (κ2) is 6.17. The molecule has 3 heteroatoms. The maximum absolute atomic E-state index is 10.8. The van der Waals surface area contributed by atoms with E-state index in [4.69, 9.17) is 9.47 Å². The summed E-state index contributed by atoms with van der Waals surface area (Å²) in [6.45, 7) is 6.77. The van der Waals surface area contributed by atoms with Crippen molar-refractivity contribution in [1.82, 2.24) is 0 Å². The zero-order chi connectivity index (χ0) is 13.9. The summed E-state index contributed by atoms with van der Waals surface area (Å²) in [5, 5.41) is 10.8. The third kappa shape index (κ3) is 3.88. The molecule has 1 N–H and O–H groups in total. The zero-order valence-electron chi connectivity index (χ0n) is 12.5. The molecule has 0 spiro atoms. The largest absolute Gasteiger partial charge is 0.459 e. The summed E-state index contributed by atoms with van der Waals surface area (Å²) < 4.78 is 10.6. The zero-order valence-corrected chi connectivity index (χ0v) is 12.5. The van der Waals surface area contributed by atoms with Crippen LogP contribution in [0.3, 0.4) is 0 Å². The summed E-state index contributed by atoms with van der Waals surface area (Å²) >= 11 is 0. The quantitative estimate of drug-likeness (QED) is 0.823. The molecule has 0 aromatic carbocycles. The molecule has 110 valence electrons. The van der Waals surface area contributed by atoms with Gasteiger partial charge in [-0.25, -0.2) is 0 Å². The average molecular weight is 268 g/mol. The van der Waals surface area contributed by atoms with E-state index in [1.807, 2.05) is 0 Å². The lowest BCUT2D eigenvalue weighted by atomic mass is 9.68. The molecule has 1 saturated carbocycles. The molecule has 0 saturated heterocycles. The second-order valence-corrected chi connectivity index (χ2v) is 6.79. The predicted molar refractivity (Wildman–Crippen MR) is 75.2 cm³/mol. The minimum atomic E-state index is -0.525. The molecule has 0 aromatic rings. The van der Waals surface area contributed by atoms with Gasteiger partial charge in [-0.1, -0.05) is 20.8 Å². The van der Waals surface area contributed by atoms with Gasteiger partial charge in [-0.3, -0.25) is 0 Å². The molecule has 0 bridgehead atoms. The van der Waals surface area contributed by atoms with Crippen molar-refractivity contribution in [2.45, 2.75) is 71.2 Å². The molecule has 2 aliphatic rings. The molecule has 2 rings (SSSR count). The molecule has 3 atom stereocenters. The summed E-state index contributed by atoms with van der Waals surface area (Å²) in [5.74, 6) is 1.92. The van der Waals surface area contributed by atoms with Crippen LogP contribution < -0.4 is 0 Å². The Hall–Kier alpha value is -0.700. The normalized spacial score (nSPS) is 35.4.